The van der Waals surface area contributed by atoms with E-state index in [2.05, 4.69) is 29.2 Å². The maximum Gasteiger partial charge on any atom is 0.246 e. The van der Waals surface area contributed by atoms with Crippen LogP contribution in [0, 0.1) is 11.8 Å². The van der Waals surface area contributed by atoms with Crippen LogP contribution < -0.4 is 5.32 Å². The van der Waals surface area contributed by atoms with Crippen molar-refractivity contribution >= 4 is 11.8 Å². The summed E-state index contributed by atoms with van der Waals surface area (Å²) in [6.07, 6.45) is 4.14. The molecule has 1 aromatic rings. The quantitative estimate of drug-likeness (QED) is 0.746. The first-order valence-corrected chi connectivity index (χ1v) is 10.9. The molecule has 1 N–H and O–H groups in total. The maximum absolute atomic E-state index is 13.0. The monoisotopic (exact) mass is 407 g/mol. The van der Waals surface area contributed by atoms with E-state index in [1.54, 1.807) is 0 Å². The fraction of sp³-hybridized carbons (Fsp3) is 0.818. The molecule has 0 unspecified atom stereocenters. The Labute approximate surface area is 174 Å². The van der Waals surface area contributed by atoms with Crippen molar-refractivity contribution in [2.45, 2.75) is 64.3 Å². The van der Waals surface area contributed by atoms with Crippen LogP contribution in [0.5, 0.6) is 0 Å². The highest BCUT2D eigenvalue weighted by Gasteiger charge is 2.37. The minimum absolute atomic E-state index is 0.0846. The Morgan fingerprint density at radius 2 is 1.69 bits per heavy atom. The predicted octanol–water partition coefficient (Wildman–Crippen LogP) is 3.45. The van der Waals surface area contributed by atoms with Gasteiger partial charge in [-0.2, -0.15) is 0 Å². The summed E-state index contributed by atoms with van der Waals surface area (Å²) >= 11 is 0. The van der Waals surface area contributed by atoms with Crippen molar-refractivity contribution in [3.63, 3.8) is 0 Å². The molecule has 1 amide bonds. The number of nitrogens with one attached hydrogen (secondary N) is 1. The Balaban J connectivity index is 1.61. The Kier molecular flexibility index (Phi) is 7.02. The molecule has 0 aromatic carbocycles. The molecule has 3 heterocycles. The molecule has 2 saturated heterocycles. The molecule has 0 saturated carbocycles. The van der Waals surface area contributed by atoms with Crippen LogP contribution >= 0.6 is 0 Å². The van der Waals surface area contributed by atoms with E-state index < -0.39 is 5.54 Å². The minimum atomic E-state index is -0.651. The van der Waals surface area contributed by atoms with E-state index >= 15 is 0 Å². The third-order valence-corrected chi connectivity index (χ3v) is 7.03. The van der Waals surface area contributed by atoms with E-state index in [-0.39, 0.29) is 11.3 Å². The molecule has 0 aliphatic carbocycles. The van der Waals surface area contributed by atoms with Gasteiger partial charge in [-0.25, -0.2) is 0 Å². The molecule has 29 heavy (non-hydrogen) atoms. The summed E-state index contributed by atoms with van der Waals surface area (Å²) in [6, 6.07) is 1.88. The molecule has 7 heteroatoms. The van der Waals surface area contributed by atoms with Crippen LogP contribution in [-0.2, 0) is 19.7 Å². The Bertz CT molecular complexity index is 673. The van der Waals surface area contributed by atoms with Crippen LogP contribution in [0.3, 0.4) is 0 Å². The van der Waals surface area contributed by atoms with Crippen LogP contribution in [0.4, 0.5) is 5.88 Å². The fourth-order valence-electron chi connectivity index (χ4n) is 4.25. The van der Waals surface area contributed by atoms with Crippen molar-refractivity contribution in [1.29, 1.82) is 0 Å². The highest BCUT2D eigenvalue weighted by atomic mass is 16.5. The number of nitrogens with zero attached hydrogens (tertiary/aromatic N) is 2. The lowest BCUT2D eigenvalue weighted by molar-refractivity contribution is -0.126. The van der Waals surface area contributed by atoms with Crippen LogP contribution in [0.2, 0.25) is 0 Å². The van der Waals surface area contributed by atoms with Gasteiger partial charge in [0, 0.05) is 44.5 Å². The Hall–Kier alpha value is -1.44. The molecule has 7 nitrogen and oxygen atoms in total. The lowest BCUT2D eigenvalue weighted by atomic mass is 9.72. The van der Waals surface area contributed by atoms with Crippen molar-refractivity contribution in [3.8, 4) is 0 Å². The first-order valence-electron chi connectivity index (χ1n) is 10.9. The molecule has 2 aliphatic heterocycles. The topological polar surface area (TPSA) is 76.8 Å². The number of hydrogen-bond donors (Lipinski definition) is 1. The number of carbonyl (C=O) groups is 1. The smallest absolute Gasteiger partial charge is 0.246 e. The highest BCUT2D eigenvalue weighted by molar-refractivity contribution is 5.96. The van der Waals surface area contributed by atoms with Gasteiger partial charge in [-0.1, -0.05) is 19.0 Å². The number of rotatable bonds is 7. The summed E-state index contributed by atoms with van der Waals surface area (Å²) in [6.45, 7) is 12.4. The number of ether oxygens (including phenoxy) is 2. The lowest BCUT2D eigenvalue weighted by Gasteiger charge is -2.37. The Morgan fingerprint density at radius 1 is 1.10 bits per heavy atom. The summed E-state index contributed by atoms with van der Waals surface area (Å²) in [4.78, 5) is 15.1. The van der Waals surface area contributed by atoms with Gasteiger partial charge in [0.2, 0.25) is 11.8 Å². The predicted molar refractivity (Wildman–Crippen MR) is 112 cm³/mol. The molecule has 0 spiro atoms. The highest BCUT2D eigenvalue weighted by Crippen LogP contribution is 2.38. The van der Waals surface area contributed by atoms with E-state index in [0.29, 0.717) is 17.7 Å². The molecule has 0 bridgehead atoms. The molecule has 2 aliphatic rings. The van der Waals surface area contributed by atoms with Crippen LogP contribution in [0.25, 0.3) is 0 Å². The molecule has 0 atom stereocenters. The number of anilines is 1. The van der Waals surface area contributed by atoms with Gasteiger partial charge in [-0.3, -0.25) is 15.0 Å². The third-order valence-electron chi connectivity index (χ3n) is 7.03. The molecule has 3 rings (SSSR count). The van der Waals surface area contributed by atoms with E-state index in [9.17, 15) is 4.79 Å². The van der Waals surface area contributed by atoms with Gasteiger partial charge in [0.25, 0.3) is 0 Å². The van der Waals surface area contributed by atoms with Gasteiger partial charge in [0.15, 0.2) is 0 Å². The molecule has 0 radical (unpaired) electrons. The van der Waals surface area contributed by atoms with Crippen molar-refractivity contribution in [3.05, 3.63) is 11.8 Å². The van der Waals surface area contributed by atoms with Crippen LogP contribution in [0.15, 0.2) is 10.6 Å². The zero-order valence-electron chi connectivity index (χ0n) is 18.6. The maximum atomic E-state index is 13.0. The number of aromatic nitrogens is 1. The van der Waals surface area contributed by atoms with Crippen molar-refractivity contribution in [2.75, 3.05) is 45.3 Å². The summed E-state index contributed by atoms with van der Waals surface area (Å²) in [7, 11) is 2.01. The summed E-state index contributed by atoms with van der Waals surface area (Å²) in [5.74, 6) is 1.39. The molecular weight excluding hydrogens is 370 g/mol. The average Bonchev–Trinajstić information content (AvgIpc) is 3.18. The summed E-state index contributed by atoms with van der Waals surface area (Å²) in [5, 5.41) is 7.22. The van der Waals surface area contributed by atoms with Gasteiger partial charge in [0.05, 0.1) is 11.2 Å². The Morgan fingerprint density at radius 3 is 2.31 bits per heavy atom. The van der Waals surface area contributed by atoms with Crippen molar-refractivity contribution in [2.24, 2.45) is 11.8 Å². The average molecular weight is 408 g/mol. The third kappa shape index (κ3) is 5.19. The van der Waals surface area contributed by atoms with E-state index in [1.165, 1.54) is 0 Å². The second kappa shape index (κ2) is 9.14. The molecule has 1 aromatic heterocycles. The standard InChI is InChI=1S/C22H37N3O4/c1-21(2,17-8-12-28-13-9-17)18-14-19(29-24-18)23-20(26)22(3,4)25(5)15-16-6-10-27-11-7-16/h14,16-17H,6-13,15H2,1-5H3,(H,23,26). The van der Waals surface area contributed by atoms with Crippen LogP contribution in [-0.4, -0.2) is 61.5 Å². The SMILES string of the molecule is CN(CC1CCOCC1)C(C)(C)C(=O)Nc1cc(C(C)(C)C2CCOCC2)no1. The van der Waals surface area contributed by atoms with Crippen LogP contribution in [0.1, 0.15) is 59.1 Å². The number of carbonyl (C=O) groups excluding carboxylic acids is 1. The van der Waals surface area contributed by atoms with E-state index in [4.69, 9.17) is 14.0 Å². The normalized spacial score (nSPS) is 20.2. The number of likely N-dealkylation sites (N-methyl/N-ethyl adjacent to an activating group) is 1. The zero-order valence-corrected chi connectivity index (χ0v) is 18.6. The first kappa shape index (κ1) is 22.2. The second-order valence-electron chi connectivity index (χ2n) is 9.63. The van der Waals surface area contributed by atoms with Gasteiger partial charge >= 0.3 is 0 Å². The second-order valence-corrected chi connectivity index (χ2v) is 9.63. The molecule has 2 fully saturated rings. The minimum Gasteiger partial charge on any atom is -0.381 e. The van der Waals surface area contributed by atoms with Gasteiger partial charge in [-0.15, -0.1) is 0 Å². The van der Waals surface area contributed by atoms with Gasteiger partial charge in [0.1, 0.15) is 0 Å². The van der Waals surface area contributed by atoms with Crippen molar-refractivity contribution in [1.82, 2.24) is 10.1 Å². The molecule has 164 valence electrons. The summed E-state index contributed by atoms with van der Waals surface area (Å²) in [5.41, 5.74) is 0.112. The fourth-order valence-corrected chi connectivity index (χ4v) is 4.25. The number of hydrogen-bond acceptors (Lipinski definition) is 6. The largest absolute Gasteiger partial charge is 0.381 e. The molecular formula is C22H37N3O4. The van der Waals surface area contributed by atoms with Crippen molar-refractivity contribution < 1.29 is 18.8 Å². The zero-order chi connectivity index (χ0) is 21.1. The lowest BCUT2D eigenvalue weighted by Crippen LogP contribution is -2.52. The van der Waals surface area contributed by atoms with Gasteiger partial charge < -0.3 is 14.0 Å². The van der Waals surface area contributed by atoms with E-state index in [1.807, 2.05) is 27.0 Å². The number of amides is 1. The van der Waals surface area contributed by atoms with Gasteiger partial charge in [-0.05, 0) is 58.4 Å². The first-order chi connectivity index (χ1) is 13.7. The van der Waals surface area contributed by atoms with E-state index in [0.717, 1.165) is 64.3 Å². The summed E-state index contributed by atoms with van der Waals surface area (Å²) < 4.78 is 16.4.